The van der Waals surface area contributed by atoms with E-state index in [9.17, 15) is 4.39 Å². The van der Waals surface area contributed by atoms with E-state index in [2.05, 4.69) is 4.98 Å². The Hall–Kier alpha value is -1.67. The van der Waals surface area contributed by atoms with Crippen LogP contribution in [0.4, 0.5) is 4.39 Å². The molecule has 0 amide bonds. The van der Waals surface area contributed by atoms with Crippen molar-refractivity contribution in [2.24, 2.45) is 0 Å². The van der Waals surface area contributed by atoms with Crippen molar-refractivity contribution in [3.8, 4) is 0 Å². The van der Waals surface area contributed by atoms with Crippen LogP contribution in [0.2, 0.25) is 0 Å². The number of halogens is 2. The van der Waals surface area contributed by atoms with Crippen molar-refractivity contribution in [1.29, 1.82) is 0 Å². The van der Waals surface area contributed by atoms with Crippen LogP contribution in [0.3, 0.4) is 0 Å². The molecule has 0 bridgehead atoms. The molecule has 0 spiro atoms. The van der Waals surface area contributed by atoms with Crippen molar-refractivity contribution in [3.63, 3.8) is 0 Å². The highest BCUT2D eigenvalue weighted by Gasteiger charge is 2.02. The molecule has 0 fully saturated rings. The first kappa shape index (κ1) is 13.8. The lowest BCUT2D eigenvalue weighted by Crippen LogP contribution is -1.93. The number of nitrogens with zero attached hydrogens (tertiary/aromatic N) is 1. The van der Waals surface area contributed by atoms with Gasteiger partial charge in [-0.3, -0.25) is 4.98 Å². The molecule has 1 aromatic carbocycles. The summed E-state index contributed by atoms with van der Waals surface area (Å²) >= 11 is 5.45. The molecular weight excluding hydrogens is 261 g/mol. The number of alkyl halides is 1. The molecule has 98 valence electrons. The van der Waals surface area contributed by atoms with Crippen molar-refractivity contribution >= 4 is 22.4 Å². The van der Waals surface area contributed by atoms with E-state index in [0.29, 0.717) is 6.42 Å². The van der Waals surface area contributed by atoms with Gasteiger partial charge >= 0.3 is 0 Å². The van der Waals surface area contributed by atoms with Gasteiger partial charge in [0.1, 0.15) is 5.83 Å². The maximum atomic E-state index is 13.2. The highest BCUT2D eigenvalue weighted by atomic mass is 35.5. The zero-order valence-electron chi connectivity index (χ0n) is 10.7. The lowest BCUT2D eigenvalue weighted by Gasteiger charge is -2.04. The second kappa shape index (κ2) is 6.48. The lowest BCUT2D eigenvalue weighted by molar-refractivity contribution is 0.641. The monoisotopic (exact) mass is 275 g/mol. The van der Waals surface area contributed by atoms with Crippen LogP contribution in [-0.2, 0) is 6.42 Å². The minimum Gasteiger partial charge on any atom is -0.260 e. The van der Waals surface area contributed by atoms with Gasteiger partial charge in [-0.1, -0.05) is 30.3 Å². The number of benzene rings is 1. The van der Waals surface area contributed by atoms with Crippen LogP contribution in [-0.4, -0.2) is 10.9 Å². The van der Waals surface area contributed by atoms with E-state index >= 15 is 0 Å². The summed E-state index contributed by atoms with van der Waals surface area (Å²) in [7, 11) is 0. The van der Waals surface area contributed by atoms with Crippen LogP contribution in [0.25, 0.3) is 10.8 Å². The van der Waals surface area contributed by atoms with Crippen LogP contribution in [0, 0.1) is 0 Å². The Morgan fingerprint density at radius 1 is 1.32 bits per heavy atom. The summed E-state index contributed by atoms with van der Waals surface area (Å²) in [4.78, 5) is 4.40. The van der Waals surface area contributed by atoms with E-state index < -0.39 is 0 Å². The Kier molecular flexibility index (Phi) is 4.69. The van der Waals surface area contributed by atoms with Crippen LogP contribution in [0.15, 0.2) is 60.1 Å². The summed E-state index contributed by atoms with van der Waals surface area (Å²) in [6.07, 6.45) is 5.80. The fraction of sp³-hybridized carbons (Fsp3) is 0.188. The van der Waals surface area contributed by atoms with E-state index in [1.807, 2.05) is 49.5 Å². The van der Waals surface area contributed by atoms with Gasteiger partial charge in [0.25, 0.3) is 0 Å². The highest BCUT2D eigenvalue weighted by Crippen LogP contribution is 2.17. The predicted octanol–water partition coefficient (Wildman–Crippen LogP) is 4.82. The van der Waals surface area contributed by atoms with Crippen molar-refractivity contribution in [1.82, 2.24) is 4.98 Å². The zero-order chi connectivity index (χ0) is 13.7. The molecule has 0 N–H and O–H groups in total. The predicted molar refractivity (Wildman–Crippen MR) is 79.1 cm³/mol. The van der Waals surface area contributed by atoms with Crippen LogP contribution >= 0.6 is 11.6 Å². The third-order valence-corrected chi connectivity index (χ3v) is 3.17. The SMILES string of the molecule is C/C=C(\C=C(\F)CCl)Cc1cc2ccccc2cn1. The third kappa shape index (κ3) is 3.65. The number of hydrogen-bond acceptors (Lipinski definition) is 1. The van der Waals surface area contributed by atoms with Crippen molar-refractivity contribution in [3.05, 3.63) is 65.8 Å². The number of fused-ring (bicyclic) bond motifs is 1. The van der Waals surface area contributed by atoms with E-state index in [0.717, 1.165) is 22.0 Å². The van der Waals surface area contributed by atoms with Crippen LogP contribution in [0.5, 0.6) is 0 Å². The number of pyridine rings is 1. The number of rotatable bonds is 4. The van der Waals surface area contributed by atoms with E-state index in [1.165, 1.54) is 6.08 Å². The quantitative estimate of drug-likeness (QED) is 0.576. The van der Waals surface area contributed by atoms with E-state index in [4.69, 9.17) is 11.6 Å². The normalized spacial score (nSPS) is 13.0. The standard InChI is InChI=1S/C16H15ClFN/c1-2-12(7-15(18)10-17)8-16-9-13-5-3-4-6-14(13)11-19-16/h2-7,9,11H,8,10H2,1H3/b12-2+,15-7+. The molecule has 1 nitrogen and oxygen atoms in total. The molecule has 3 heteroatoms. The second-order valence-electron chi connectivity index (χ2n) is 4.29. The number of hydrogen-bond donors (Lipinski definition) is 0. The molecule has 0 saturated heterocycles. The molecule has 0 atom stereocenters. The summed E-state index contributed by atoms with van der Waals surface area (Å²) in [5, 5.41) is 2.25. The maximum Gasteiger partial charge on any atom is 0.115 e. The summed E-state index contributed by atoms with van der Waals surface area (Å²) in [5.41, 5.74) is 1.80. The number of aromatic nitrogens is 1. The smallest absolute Gasteiger partial charge is 0.115 e. The number of allylic oxidation sites excluding steroid dienone is 4. The molecule has 1 heterocycles. The topological polar surface area (TPSA) is 12.9 Å². The molecule has 0 saturated carbocycles. The van der Waals surface area contributed by atoms with E-state index in [-0.39, 0.29) is 11.7 Å². The van der Waals surface area contributed by atoms with Gasteiger partial charge in [0.15, 0.2) is 0 Å². The largest absolute Gasteiger partial charge is 0.260 e. The Balaban J connectivity index is 2.25. The molecule has 19 heavy (non-hydrogen) atoms. The Morgan fingerprint density at radius 3 is 2.74 bits per heavy atom. The van der Waals surface area contributed by atoms with Gasteiger partial charge in [-0.15, -0.1) is 11.6 Å². The van der Waals surface area contributed by atoms with Gasteiger partial charge in [0, 0.05) is 23.7 Å². The Morgan fingerprint density at radius 2 is 2.05 bits per heavy atom. The van der Waals surface area contributed by atoms with Gasteiger partial charge < -0.3 is 0 Å². The van der Waals surface area contributed by atoms with Gasteiger partial charge in [-0.25, -0.2) is 4.39 Å². The molecule has 0 aliphatic rings. The fourth-order valence-corrected chi connectivity index (χ4v) is 1.99. The third-order valence-electron chi connectivity index (χ3n) is 2.91. The molecule has 0 aliphatic heterocycles. The van der Waals surface area contributed by atoms with Gasteiger partial charge in [-0.05, 0) is 30.0 Å². The average Bonchev–Trinajstić information content (AvgIpc) is 2.46. The average molecular weight is 276 g/mol. The first-order valence-electron chi connectivity index (χ1n) is 6.14. The van der Waals surface area contributed by atoms with E-state index in [1.54, 1.807) is 0 Å². The molecule has 2 aromatic rings. The van der Waals surface area contributed by atoms with Gasteiger partial charge in [-0.2, -0.15) is 0 Å². The highest BCUT2D eigenvalue weighted by molar-refractivity contribution is 6.19. The Bertz CT molecular complexity index is 631. The fourth-order valence-electron chi connectivity index (χ4n) is 1.91. The van der Waals surface area contributed by atoms with Gasteiger partial charge in [0.05, 0.1) is 5.88 Å². The van der Waals surface area contributed by atoms with Crippen LogP contribution < -0.4 is 0 Å². The minimum absolute atomic E-state index is 0.0948. The molecule has 0 unspecified atom stereocenters. The summed E-state index contributed by atoms with van der Waals surface area (Å²) < 4.78 is 13.2. The molecule has 1 aromatic heterocycles. The maximum absolute atomic E-state index is 13.2. The summed E-state index contributed by atoms with van der Waals surface area (Å²) in [5.74, 6) is -0.418. The minimum atomic E-state index is -0.324. The molecule has 0 radical (unpaired) electrons. The summed E-state index contributed by atoms with van der Waals surface area (Å²) in [6, 6.07) is 10.1. The van der Waals surface area contributed by atoms with Crippen LogP contribution in [0.1, 0.15) is 12.6 Å². The van der Waals surface area contributed by atoms with Crippen molar-refractivity contribution < 1.29 is 4.39 Å². The zero-order valence-corrected chi connectivity index (χ0v) is 11.5. The van der Waals surface area contributed by atoms with Crippen molar-refractivity contribution in [2.75, 3.05) is 5.88 Å². The Labute approximate surface area is 117 Å². The molecule has 0 aliphatic carbocycles. The first-order chi connectivity index (χ1) is 9.22. The van der Waals surface area contributed by atoms with Gasteiger partial charge in [0.2, 0.25) is 0 Å². The lowest BCUT2D eigenvalue weighted by atomic mass is 10.1. The molecule has 2 rings (SSSR count). The summed E-state index contributed by atoms with van der Waals surface area (Å²) in [6.45, 7) is 1.88. The first-order valence-corrected chi connectivity index (χ1v) is 6.67. The second-order valence-corrected chi connectivity index (χ2v) is 4.56. The molecular formula is C16H15ClFN. The van der Waals surface area contributed by atoms with Crippen molar-refractivity contribution in [2.45, 2.75) is 13.3 Å².